The first-order valence-electron chi connectivity index (χ1n) is 11.8. The highest BCUT2D eigenvalue weighted by atomic mass is 32.1. The van der Waals surface area contributed by atoms with Gasteiger partial charge in [0.05, 0.1) is 11.7 Å². The summed E-state index contributed by atoms with van der Waals surface area (Å²) in [7, 11) is 0. The minimum absolute atomic E-state index is 0.0102. The Bertz CT molecular complexity index is 1160. The Morgan fingerprint density at radius 3 is 2.53 bits per heavy atom. The van der Waals surface area contributed by atoms with Crippen LogP contribution in [0.25, 0.3) is 10.2 Å². The molecular formula is C25H30N4O2S. The van der Waals surface area contributed by atoms with Crippen LogP contribution < -0.4 is 15.8 Å². The number of aryl methyl sites for hydroxylation is 3. The smallest absolute Gasteiger partial charge is 0.262 e. The number of thiophene rings is 1. The van der Waals surface area contributed by atoms with Crippen LogP contribution in [0.15, 0.2) is 35.4 Å². The van der Waals surface area contributed by atoms with Crippen molar-refractivity contribution < 1.29 is 4.79 Å². The number of hydrogen-bond acceptors (Lipinski definition) is 5. The molecule has 1 fully saturated rings. The third kappa shape index (κ3) is 4.44. The van der Waals surface area contributed by atoms with Crippen molar-refractivity contribution in [2.75, 3.05) is 23.3 Å². The van der Waals surface area contributed by atoms with E-state index in [-0.39, 0.29) is 17.9 Å². The van der Waals surface area contributed by atoms with Crippen molar-refractivity contribution in [2.24, 2.45) is 0 Å². The van der Waals surface area contributed by atoms with Crippen molar-refractivity contribution in [1.82, 2.24) is 9.55 Å². The van der Waals surface area contributed by atoms with Gasteiger partial charge in [0.1, 0.15) is 4.83 Å². The Morgan fingerprint density at radius 1 is 1.00 bits per heavy atom. The summed E-state index contributed by atoms with van der Waals surface area (Å²) in [5.41, 5.74) is 3.19. The number of anilines is 2. The van der Waals surface area contributed by atoms with Crippen molar-refractivity contribution in [3.8, 4) is 0 Å². The molecule has 168 valence electrons. The fourth-order valence-corrected chi connectivity index (χ4v) is 6.09. The third-order valence-electron chi connectivity index (χ3n) is 6.64. The monoisotopic (exact) mass is 450 g/mol. The Balaban J connectivity index is 1.22. The Labute approximate surface area is 192 Å². The van der Waals surface area contributed by atoms with Crippen molar-refractivity contribution in [2.45, 2.75) is 64.3 Å². The molecule has 0 spiro atoms. The van der Waals surface area contributed by atoms with E-state index >= 15 is 0 Å². The molecule has 1 aliphatic carbocycles. The molecular weight excluding hydrogens is 420 g/mol. The summed E-state index contributed by atoms with van der Waals surface area (Å²) in [6.07, 6.45) is 11.3. The van der Waals surface area contributed by atoms with Crippen LogP contribution in [0.1, 0.15) is 55.4 Å². The van der Waals surface area contributed by atoms with Gasteiger partial charge in [-0.2, -0.15) is 0 Å². The minimum Gasteiger partial charge on any atom is -0.372 e. The molecule has 0 radical (unpaired) electrons. The lowest BCUT2D eigenvalue weighted by atomic mass is 9.97. The van der Waals surface area contributed by atoms with E-state index in [1.807, 2.05) is 12.1 Å². The molecule has 0 saturated carbocycles. The molecule has 1 amide bonds. The second-order valence-electron chi connectivity index (χ2n) is 8.88. The predicted octanol–water partition coefficient (Wildman–Crippen LogP) is 4.75. The Morgan fingerprint density at radius 2 is 1.75 bits per heavy atom. The summed E-state index contributed by atoms with van der Waals surface area (Å²) < 4.78 is 1.59. The SMILES string of the molecule is O=C(CCn1cnc2sc3c(c2c1=O)CCCC3)Nc1ccc(N2CCCCCC2)cc1. The number of benzene rings is 1. The molecule has 5 rings (SSSR count). The van der Waals surface area contributed by atoms with E-state index in [1.54, 1.807) is 22.2 Å². The van der Waals surface area contributed by atoms with E-state index in [0.29, 0.717) is 6.54 Å². The summed E-state index contributed by atoms with van der Waals surface area (Å²) in [5.74, 6) is -0.0909. The molecule has 7 heteroatoms. The molecule has 0 bridgehead atoms. The second-order valence-corrected chi connectivity index (χ2v) is 9.96. The van der Waals surface area contributed by atoms with Crippen LogP contribution in [0.3, 0.4) is 0 Å². The number of aromatic nitrogens is 2. The minimum atomic E-state index is -0.0909. The molecule has 32 heavy (non-hydrogen) atoms. The number of hydrogen-bond donors (Lipinski definition) is 1. The quantitative estimate of drug-likeness (QED) is 0.609. The van der Waals surface area contributed by atoms with Gasteiger partial charge < -0.3 is 10.2 Å². The number of fused-ring (bicyclic) bond motifs is 3. The topological polar surface area (TPSA) is 67.2 Å². The van der Waals surface area contributed by atoms with Crippen molar-refractivity contribution in [1.29, 1.82) is 0 Å². The molecule has 3 heterocycles. The van der Waals surface area contributed by atoms with Crippen molar-refractivity contribution in [3.05, 3.63) is 51.4 Å². The molecule has 3 aromatic rings. The first-order chi connectivity index (χ1) is 15.7. The van der Waals surface area contributed by atoms with Crippen LogP contribution >= 0.6 is 11.3 Å². The zero-order valence-electron chi connectivity index (χ0n) is 18.4. The van der Waals surface area contributed by atoms with E-state index in [1.165, 1.54) is 48.2 Å². The summed E-state index contributed by atoms with van der Waals surface area (Å²) in [6, 6.07) is 8.11. The Kier molecular flexibility index (Phi) is 6.26. The molecule has 1 aliphatic heterocycles. The Hall–Kier alpha value is -2.67. The maximum atomic E-state index is 13.0. The van der Waals surface area contributed by atoms with E-state index in [9.17, 15) is 9.59 Å². The average molecular weight is 451 g/mol. The average Bonchev–Trinajstić information content (AvgIpc) is 2.98. The maximum Gasteiger partial charge on any atom is 0.262 e. The van der Waals surface area contributed by atoms with Crippen LogP contribution in [0.2, 0.25) is 0 Å². The fraction of sp³-hybridized carbons (Fsp3) is 0.480. The van der Waals surface area contributed by atoms with Gasteiger partial charge in [0, 0.05) is 42.3 Å². The van der Waals surface area contributed by atoms with Gasteiger partial charge in [0.15, 0.2) is 0 Å². The number of carbonyl (C=O) groups is 1. The lowest BCUT2D eigenvalue weighted by molar-refractivity contribution is -0.116. The van der Waals surface area contributed by atoms with Gasteiger partial charge in [0.25, 0.3) is 5.56 Å². The van der Waals surface area contributed by atoms with Crippen LogP contribution in [-0.2, 0) is 24.2 Å². The van der Waals surface area contributed by atoms with E-state index < -0.39 is 0 Å². The molecule has 1 saturated heterocycles. The van der Waals surface area contributed by atoms with Gasteiger partial charge in [-0.1, -0.05) is 12.8 Å². The zero-order valence-corrected chi connectivity index (χ0v) is 19.3. The number of nitrogens with zero attached hydrogens (tertiary/aromatic N) is 3. The number of rotatable bonds is 5. The van der Waals surface area contributed by atoms with Gasteiger partial charge in [-0.25, -0.2) is 4.98 Å². The number of carbonyl (C=O) groups excluding carboxylic acids is 1. The van der Waals surface area contributed by atoms with Crippen molar-refractivity contribution in [3.63, 3.8) is 0 Å². The van der Waals surface area contributed by atoms with Gasteiger partial charge in [0.2, 0.25) is 5.91 Å². The van der Waals surface area contributed by atoms with E-state index in [2.05, 4.69) is 27.3 Å². The first-order valence-corrected chi connectivity index (χ1v) is 12.7. The highest BCUT2D eigenvalue weighted by Gasteiger charge is 2.20. The van der Waals surface area contributed by atoms with Gasteiger partial charge in [-0.15, -0.1) is 11.3 Å². The highest BCUT2D eigenvalue weighted by Crippen LogP contribution is 2.33. The summed E-state index contributed by atoms with van der Waals surface area (Å²) in [4.78, 5) is 34.7. The fourth-order valence-electron chi connectivity index (χ4n) is 4.87. The molecule has 2 aromatic heterocycles. The molecule has 1 N–H and O–H groups in total. The van der Waals surface area contributed by atoms with Crippen LogP contribution in [-0.4, -0.2) is 28.5 Å². The highest BCUT2D eigenvalue weighted by molar-refractivity contribution is 7.18. The lowest BCUT2D eigenvalue weighted by Crippen LogP contribution is -2.24. The molecule has 0 unspecified atom stereocenters. The van der Waals surface area contributed by atoms with E-state index in [0.717, 1.165) is 48.3 Å². The molecule has 2 aliphatic rings. The number of amides is 1. The van der Waals surface area contributed by atoms with E-state index in [4.69, 9.17) is 0 Å². The second kappa shape index (κ2) is 9.45. The molecule has 0 atom stereocenters. The van der Waals surface area contributed by atoms with Gasteiger partial charge in [-0.3, -0.25) is 14.2 Å². The van der Waals surface area contributed by atoms with Crippen LogP contribution in [0, 0.1) is 0 Å². The standard InChI is InChI=1S/C25H30N4O2S/c30-22(27-18-9-11-19(12-10-18)28-14-5-1-2-6-15-28)13-16-29-17-26-24-23(25(29)31)20-7-3-4-8-21(20)32-24/h9-12,17H,1-8,13-16H2,(H,27,30). The third-order valence-corrected chi connectivity index (χ3v) is 7.84. The van der Waals surface area contributed by atoms with Gasteiger partial charge in [-0.05, 0) is 68.4 Å². The molecule has 6 nitrogen and oxygen atoms in total. The molecule has 1 aromatic carbocycles. The first kappa shape index (κ1) is 21.2. The van der Waals surface area contributed by atoms with Crippen molar-refractivity contribution >= 4 is 38.8 Å². The summed E-state index contributed by atoms with van der Waals surface area (Å²) in [5, 5.41) is 3.74. The summed E-state index contributed by atoms with van der Waals surface area (Å²) >= 11 is 1.65. The zero-order chi connectivity index (χ0) is 21.9. The van der Waals surface area contributed by atoms with Crippen LogP contribution in [0.4, 0.5) is 11.4 Å². The largest absolute Gasteiger partial charge is 0.372 e. The van der Waals surface area contributed by atoms with Crippen LogP contribution in [0.5, 0.6) is 0 Å². The van der Waals surface area contributed by atoms with Gasteiger partial charge >= 0.3 is 0 Å². The number of nitrogens with one attached hydrogen (secondary N) is 1. The summed E-state index contributed by atoms with van der Waals surface area (Å²) in [6.45, 7) is 2.54. The normalized spacial score (nSPS) is 16.6. The lowest BCUT2D eigenvalue weighted by Gasteiger charge is -2.22. The maximum absolute atomic E-state index is 13.0. The predicted molar refractivity (Wildman–Crippen MR) is 131 cm³/mol.